The highest BCUT2D eigenvalue weighted by atomic mass is 35.5. The molecule has 118 valence electrons. The highest BCUT2D eigenvalue weighted by Gasteiger charge is 2.31. The predicted octanol–water partition coefficient (Wildman–Crippen LogP) is 2.80. The van der Waals surface area contributed by atoms with Gasteiger partial charge in [0.05, 0.1) is 12.5 Å². The van der Waals surface area contributed by atoms with E-state index in [-0.39, 0.29) is 24.3 Å². The minimum Gasteiger partial charge on any atom is -0.351 e. The zero-order valence-electron chi connectivity index (χ0n) is 12.5. The summed E-state index contributed by atoms with van der Waals surface area (Å²) in [6.07, 6.45) is 0.619. The second kappa shape index (κ2) is 6.84. The molecule has 1 N–H and O–H groups in total. The molecule has 23 heavy (non-hydrogen) atoms. The summed E-state index contributed by atoms with van der Waals surface area (Å²) in [5, 5.41) is 3.58. The Labute approximate surface area is 140 Å². The Hall–Kier alpha value is -2.33. The van der Waals surface area contributed by atoms with Crippen molar-refractivity contribution in [1.29, 1.82) is 0 Å². The third-order valence-corrected chi connectivity index (χ3v) is 4.09. The fourth-order valence-electron chi connectivity index (χ4n) is 2.73. The molecule has 3 rings (SSSR count). The molecule has 0 aliphatic carbocycles. The SMILES string of the molecule is O=C(Cc1ccc(Cl)cc1)N[C@@H]1CC(=O)N(c2ccccc2)C1. The number of benzene rings is 2. The van der Waals surface area contributed by atoms with Crippen molar-refractivity contribution in [3.05, 3.63) is 65.2 Å². The Morgan fingerprint density at radius 2 is 1.83 bits per heavy atom. The van der Waals surface area contributed by atoms with Crippen molar-refractivity contribution < 1.29 is 9.59 Å². The van der Waals surface area contributed by atoms with Crippen LogP contribution in [0.3, 0.4) is 0 Å². The Bertz CT molecular complexity index is 701. The van der Waals surface area contributed by atoms with E-state index >= 15 is 0 Å². The van der Waals surface area contributed by atoms with Gasteiger partial charge in [-0.25, -0.2) is 0 Å². The van der Waals surface area contributed by atoms with Gasteiger partial charge in [0.25, 0.3) is 0 Å². The molecule has 1 atom stereocenters. The summed E-state index contributed by atoms with van der Waals surface area (Å²) in [5.74, 6) is -0.0481. The van der Waals surface area contributed by atoms with Gasteiger partial charge in [0.15, 0.2) is 0 Å². The summed E-state index contributed by atoms with van der Waals surface area (Å²) < 4.78 is 0. The first-order valence-electron chi connectivity index (χ1n) is 7.51. The van der Waals surface area contributed by atoms with E-state index in [1.165, 1.54) is 0 Å². The molecule has 0 saturated carbocycles. The third kappa shape index (κ3) is 3.90. The molecule has 1 aliphatic heterocycles. The van der Waals surface area contributed by atoms with E-state index in [9.17, 15) is 9.59 Å². The molecular weight excluding hydrogens is 312 g/mol. The van der Waals surface area contributed by atoms with E-state index < -0.39 is 0 Å². The van der Waals surface area contributed by atoms with Gasteiger partial charge in [-0.15, -0.1) is 0 Å². The normalized spacial score (nSPS) is 17.3. The number of anilines is 1. The van der Waals surface area contributed by atoms with Crippen molar-refractivity contribution in [2.24, 2.45) is 0 Å². The number of rotatable bonds is 4. The van der Waals surface area contributed by atoms with Gasteiger partial charge in [-0.3, -0.25) is 9.59 Å². The molecule has 1 saturated heterocycles. The molecule has 0 unspecified atom stereocenters. The van der Waals surface area contributed by atoms with Crippen molar-refractivity contribution in [2.45, 2.75) is 18.9 Å². The van der Waals surface area contributed by atoms with Gasteiger partial charge in [0.1, 0.15) is 0 Å². The highest BCUT2D eigenvalue weighted by Crippen LogP contribution is 2.21. The molecule has 1 fully saturated rings. The number of nitrogens with one attached hydrogen (secondary N) is 1. The lowest BCUT2D eigenvalue weighted by Crippen LogP contribution is -2.38. The first-order valence-corrected chi connectivity index (χ1v) is 7.89. The zero-order valence-corrected chi connectivity index (χ0v) is 13.3. The quantitative estimate of drug-likeness (QED) is 0.938. The zero-order chi connectivity index (χ0) is 16.2. The topological polar surface area (TPSA) is 49.4 Å². The van der Waals surface area contributed by atoms with Crippen molar-refractivity contribution in [3.8, 4) is 0 Å². The lowest BCUT2D eigenvalue weighted by molar-refractivity contribution is -0.121. The Morgan fingerprint density at radius 1 is 1.13 bits per heavy atom. The van der Waals surface area contributed by atoms with E-state index in [1.807, 2.05) is 42.5 Å². The molecule has 5 heteroatoms. The average Bonchev–Trinajstić information content (AvgIpc) is 2.91. The number of halogens is 1. The number of carbonyl (C=O) groups is 2. The minimum atomic E-state index is -0.150. The van der Waals surface area contributed by atoms with Crippen molar-refractivity contribution in [2.75, 3.05) is 11.4 Å². The van der Waals surface area contributed by atoms with Crippen molar-refractivity contribution >= 4 is 29.1 Å². The van der Waals surface area contributed by atoms with Gasteiger partial charge >= 0.3 is 0 Å². The van der Waals surface area contributed by atoms with Crippen molar-refractivity contribution in [1.82, 2.24) is 5.32 Å². The van der Waals surface area contributed by atoms with Crippen LogP contribution in [-0.2, 0) is 16.0 Å². The first kappa shape index (κ1) is 15.6. The Balaban J connectivity index is 1.57. The van der Waals surface area contributed by atoms with Gasteiger partial charge < -0.3 is 10.2 Å². The van der Waals surface area contributed by atoms with E-state index in [1.54, 1.807) is 17.0 Å². The van der Waals surface area contributed by atoms with E-state index in [2.05, 4.69) is 5.32 Å². The van der Waals surface area contributed by atoms with Crippen molar-refractivity contribution in [3.63, 3.8) is 0 Å². The monoisotopic (exact) mass is 328 g/mol. The molecule has 0 bridgehead atoms. The number of carbonyl (C=O) groups excluding carboxylic acids is 2. The van der Waals surface area contributed by atoms with Crippen LogP contribution in [0, 0.1) is 0 Å². The third-order valence-electron chi connectivity index (χ3n) is 3.84. The smallest absolute Gasteiger partial charge is 0.229 e. The molecule has 0 aromatic heterocycles. The number of nitrogens with zero attached hydrogens (tertiary/aromatic N) is 1. The molecule has 0 spiro atoms. The van der Waals surface area contributed by atoms with Gasteiger partial charge in [-0.2, -0.15) is 0 Å². The van der Waals surface area contributed by atoms with Crippen LogP contribution in [0.4, 0.5) is 5.69 Å². The predicted molar refractivity (Wildman–Crippen MR) is 90.5 cm³/mol. The van der Waals surface area contributed by atoms with Crippen LogP contribution in [0.25, 0.3) is 0 Å². The maximum atomic E-state index is 12.1. The van der Waals surface area contributed by atoms with Crippen LogP contribution < -0.4 is 10.2 Å². The van der Waals surface area contributed by atoms with Crippen LogP contribution in [0.15, 0.2) is 54.6 Å². The van der Waals surface area contributed by atoms with E-state index in [0.29, 0.717) is 18.0 Å². The molecule has 0 radical (unpaired) electrons. The number of para-hydroxylation sites is 1. The summed E-state index contributed by atoms with van der Waals surface area (Å²) in [6.45, 7) is 0.509. The van der Waals surface area contributed by atoms with Crippen LogP contribution >= 0.6 is 11.6 Å². The van der Waals surface area contributed by atoms with Gasteiger partial charge in [0.2, 0.25) is 11.8 Å². The second-order valence-electron chi connectivity index (χ2n) is 5.61. The molecule has 2 amide bonds. The summed E-state index contributed by atoms with van der Waals surface area (Å²) in [4.78, 5) is 26.0. The summed E-state index contributed by atoms with van der Waals surface area (Å²) in [7, 11) is 0. The molecule has 2 aromatic rings. The maximum absolute atomic E-state index is 12.1. The fourth-order valence-corrected chi connectivity index (χ4v) is 2.85. The molecule has 1 heterocycles. The molecule has 4 nitrogen and oxygen atoms in total. The number of hydrogen-bond acceptors (Lipinski definition) is 2. The number of hydrogen-bond donors (Lipinski definition) is 1. The second-order valence-corrected chi connectivity index (χ2v) is 6.05. The molecular formula is C18H17ClN2O2. The van der Waals surface area contributed by atoms with Crippen LogP contribution in [0.1, 0.15) is 12.0 Å². The standard InChI is InChI=1S/C18H17ClN2O2/c19-14-8-6-13(7-9-14)10-17(22)20-15-11-18(23)21(12-15)16-4-2-1-3-5-16/h1-9,15H,10-12H2,(H,20,22)/t15-/m1/s1. The Kier molecular flexibility index (Phi) is 4.63. The van der Waals surface area contributed by atoms with Crippen LogP contribution in [0.2, 0.25) is 5.02 Å². The fraction of sp³-hybridized carbons (Fsp3) is 0.222. The first-order chi connectivity index (χ1) is 11.1. The highest BCUT2D eigenvalue weighted by molar-refractivity contribution is 6.30. The largest absolute Gasteiger partial charge is 0.351 e. The van der Waals surface area contributed by atoms with Gasteiger partial charge in [-0.05, 0) is 29.8 Å². The average molecular weight is 329 g/mol. The Morgan fingerprint density at radius 3 is 2.52 bits per heavy atom. The lowest BCUT2D eigenvalue weighted by atomic mass is 10.1. The molecule has 1 aliphatic rings. The minimum absolute atomic E-state index is 0.0352. The number of amides is 2. The summed E-state index contributed by atoms with van der Waals surface area (Å²) in [5.41, 5.74) is 1.77. The van der Waals surface area contributed by atoms with E-state index in [0.717, 1.165) is 11.3 Å². The van der Waals surface area contributed by atoms with E-state index in [4.69, 9.17) is 11.6 Å². The summed E-state index contributed by atoms with van der Waals surface area (Å²) in [6, 6.07) is 16.5. The molecule has 2 aromatic carbocycles. The van der Waals surface area contributed by atoms with Crippen LogP contribution in [-0.4, -0.2) is 24.4 Å². The maximum Gasteiger partial charge on any atom is 0.229 e. The summed E-state index contributed by atoms with van der Waals surface area (Å²) >= 11 is 5.83. The van der Waals surface area contributed by atoms with Gasteiger partial charge in [0, 0.05) is 23.7 Å². The lowest BCUT2D eigenvalue weighted by Gasteiger charge is -2.17. The van der Waals surface area contributed by atoms with Gasteiger partial charge in [-0.1, -0.05) is 41.9 Å². The van der Waals surface area contributed by atoms with Crippen LogP contribution in [0.5, 0.6) is 0 Å².